The van der Waals surface area contributed by atoms with E-state index in [0.29, 0.717) is 12.2 Å². The van der Waals surface area contributed by atoms with Crippen LogP contribution in [0.1, 0.15) is 32.5 Å². The van der Waals surface area contributed by atoms with E-state index in [1.807, 2.05) is 32.4 Å². The minimum atomic E-state index is -2.92. The molecule has 2 heterocycles. The molecule has 0 radical (unpaired) electrons. The molecule has 1 unspecified atom stereocenters. The van der Waals surface area contributed by atoms with Gasteiger partial charge in [-0.15, -0.1) is 0 Å². The maximum Gasteiger partial charge on any atom is 0.154 e. The second-order valence-corrected chi connectivity index (χ2v) is 7.75. The van der Waals surface area contributed by atoms with E-state index in [1.54, 1.807) is 0 Å². The van der Waals surface area contributed by atoms with Crippen LogP contribution in [-0.4, -0.2) is 42.3 Å². The highest BCUT2D eigenvalue weighted by atomic mass is 32.2. The van der Waals surface area contributed by atoms with E-state index in [-0.39, 0.29) is 23.6 Å². The Bertz CT molecular complexity index is 577. The summed E-state index contributed by atoms with van der Waals surface area (Å²) in [5, 5.41) is 4.46. The zero-order chi connectivity index (χ0) is 14.4. The summed E-state index contributed by atoms with van der Waals surface area (Å²) in [5.74, 6) is 1.21. The lowest BCUT2D eigenvalue weighted by Gasteiger charge is -2.35. The smallest absolute Gasteiger partial charge is 0.154 e. The van der Waals surface area contributed by atoms with Gasteiger partial charge in [0.25, 0.3) is 0 Å². The molecule has 0 aromatic carbocycles. The Labute approximate surface area is 114 Å². The van der Waals surface area contributed by atoms with Gasteiger partial charge in [-0.05, 0) is 27.7 Å². The summed E-state index contributed by atoms with van der Waals surface area (Å²) in [6.07, 6.45) is 0. The van der Waals surface area contributed by atoms with Crippen LogP contribution in [0.5, 0.6) is 0 Å². The van der Waals surface area contributed by atoms with Gasteiger partial charge < -0.3 is 10.6 Å². The van der Waals surface area contributed by atoms with Crippen LogP contribution in [0.15, 0.2) is 0 Å². The van der Waals surface area contributed by atoms with Crippen molar-refractivity contribution < 1.29 is 8.42 Å². The summed E-state index contributed by atoms with van der Waals surface area (Å²) in [5.41, 5.74) is 7.58. The number of hydrogen-bond acceptors (Lipinski definition) is 5. The van der Waals surface area contributed by atoms with E-state index < -0.39 is 9.84 Å². The number of nitrogens with two attached hydrogens (primary N) is 1. The highest BCUT2D eigenvalue weighted by Gasteiger charge is 2.32. The third kappa shape index (κ3) is 2.56. The van der Waals surface area contributed by atoms with Gasteiger partial charge in [0.15, 0.2) is 15.7 Å². The van der Waals surface area contributed by atoms with Crippen LogP contribution in [0.3, 0.4) is 0 Å². The molecular weight excluding hydrogens is 264 g/mol. The van der Waals surface area contributed by atoms with E-state index in [2.05, 4.69) is 10.00 Å². The third-order valence-corrected chi connectivity index (χ3v) is 5.33. The maximum absolute atomic E-state index is 11.7. The molecule has 2 rings (SSSR count). The predicted molar refractivity (Wildman–Crippen MR) is 77.2 cm³/mol. The van der Waals surface area contributed by atoms with Crippen molar-refractivity contribution in [1.29, 1.82) is 0 Å². The summed E-state index contributed by atoms with van der Waals surface area (Å²) in [4.78, 5) is 2.07. The number of aromatic nitrogens is 2. The average Bonchev–Trinajstić information content (AvgIpc) is 2.56. The second-order valence-electron chi connectivity index (χ2n) is 5.52. The molecule has 1 fully saturated rings. The fraction of sp³-hybridized carbons (Fsp3) is 0.750. The zero-order valence-corrected chi connectivity index (χ0v) is 12.7. The predicted octanol–water partition coefficient (Wildman–Crippen LogP) is 0.978. The molecule has 0 spiro atoms. The molecule has 0 aliphatic carbocycles. The molecule has 1 saturated heterocycles. The second kappa shape index (κ2) is 4.70. The van der Waals surface area contributed by atoms with Crippen molar-refractivity contribution in [2.45, 2.75) is 39.8 Å². The van der Waals surface area contributed by atoms with Crippen molar-refractivity contribution >= 4 is 21.3 Å². The summed E-state index contributed by atoms with van der Waals surface area (Å²) >= 11 is 0. The maximum atomic E-state index is 11.7. The fourth-order valence-corrected chi connectivity index (χ4v) is 4.06. The zero-order valence-electron chi connectivity index (χ0n) is 11.9. The van der Waals surface area contributed by atoms with Crippen molar-refractivity contribution in [2.24, 2.45) is 0 Å². The largest absolute Gasteiger partial charge is 0.394 e. The molecule has 7 heteroatoms. The average molecular weight is 286 g/mol. The van der Waals surface area contributed by atoms with Gasteiger partial charge in [-0.2, -0.15) is 5.10 Å². The molecule has 1 atom stereocenters. The number of anilines is 2. The van der Waals surface area contributed by atoms with Gasteiger partial charge in [0, 0.05) is 18.6 Å². The van der Waals surface area contributed by atoms with Crippen molar-refractivity contribution in [3.8, 4) is 0 Å². The van der Waals surface area contributed by atoms with Gasteiger partial charge in [0.05, 0.1) is 22.9 Å². The number of sulfone groups is 1. The van der Waals surface area contributed by atoms with Crippen molar-refractivity contribution in [3.63, 3.8) is 0 Å². The molecule has 0 saturated carbocycles. The van der Waals surface area contributed by atoms with Crippen LogP contribution in [0.25, 0.3) is 0 Å². The van der Waals surface area contributed by atoms with Crippen LogP contribution >= 0.6 is 0 Å². The van der Waals surface area contributed by atoms with Crippen LogP contribution < -0.4 is 10.6 Å². The van der Waals surface area contributed by atoms with Gasteiger partial charge in [0.1, 0.15) is 0 Å². The molecule has 1 aliphatic rings. The molecule has 0 bridgehead atoms. The fourth-order valence-electron chi connectivity index (χ4n) is 2.51. The van der Waals surface area contributed by atoms with Crippen LogP contribution in [0.2, 0.25) is 0 Å². The number of hydrogen-bond donors (Lipinski definition) is 1. The minimum absolute atomic E-state index is 0.0744. The Morgan fingerprint density at radius 1 is 1.42 bits per heavy atom. The highest BCUT2D eigenvalue weighted by Crippen LogP contribution is 2.32. The number of aryl methyl sites for hydroxylation is 1. The molecule has 108 valence electrons. The molecule has 19 heavy (non-hydrogen) atoms. The van der Waals surface area contributed by atoms with Crippen molar-refractivity contribution in [1.82, 2.24) is 9.78 Å². The van der Waals surface area contributed by atoms with Gasteiger partial charge in [-0.1, -0.05) is 0 Å². The minimum Gasteiger partial charge on any atom is -0.394 e. The quantitative estimate of drug-likeness (QED) is 0.876. The third-order valence-electron chi connectivity index (χ3n) is 3.54. The van der Waals surface area contributed by atoms with E-state index >= 15 is 0 Å². The van der Waals surface area contributed by atoms with Gasteiger partial charge in [0.2, 0.25) is 0 Å². The Hall–Kier alpha value is -1.24. The molecule has 0 amide bonds. The molecule has 2 N–H and O–H groups in total. The summed E-state index contributed by atoms with van der Waals surface area (Å²) in [6.45, 7) is 8.36. The first kappa shape index (κ1) is 14.2. The lowest BCUT2D eigenvalue weighted by Crippen LogP contribution is -2.48. The lowest BCUT2D eigenvalue weighted by molar-refractivity contribution is 0.508. The van der Waals surface area contributed by atoms with Crippen LogP contribution in [-0.2, 0) is 9.84 Å². The monoisotopic (exact) mass is 286 g/mol. The Balaban J connectivity index is 2.42. The summed E-state index contributed by atoms with van der Waals surface area (Å²) < 4.78 is 25.2. The van der Waals surface area contributed by atoms with E-state index in [4.69, 9.17) is 5.73 Å². The normalized spacial score (nSPS) is 23.0. The SMILES string of the molecule is Cc1nn(C(C)C)c(N2CCS(=O)(=O)CC2C)c1N. The number of nitrogen functional groups attached to an aromatic ring is 1. The van der Waals surface area contributed by atoms with Gasteiger partial charge in [-0.25, -0.2) is 13.1 Å². The first-order valence-corrected chi connectivity index (χ1v) is 8.36. The molecular formula is C12H22N4O2S. The van der Waals surface area contributed by atoms with E-state index in [9.17, 15) is 8.42 Å². The van der Waals surface area contributed by atoms with Crippen LogP contribution in [0.4, 0.5) is 11.5 Å². The number of nitrogens with zero attached hydrogens (tertiary/aromatic N) is 3. The lowest BCUT2D eigenvalue weighted by atomic mass is 10.2. The van der Waals surface area contributed by atoms with Gasteiger partial charge >= 0.3 is 0 Å². The first-order chi connectivity index (χ1) is 8.73. The molecule has 6 nitrogen and oxygen atoms in total. The Morgan fingerprint density at radius 2 is 2.05 bits per heavy atom. The summed E-state index contributed by atoms with van der Waals surface area (Å²) in [7, 11) is -2.92. The standard InChI is InChI=1S/C12H22N4O2S/c1-8(2)16-12(11(13)10(4)14-16)15-5-6-19(17,18)7-9(15)3/h8-9H,5-7,13H2,1-4H3. The Kier molecular flexibility index (Phi) is 3.51. The van der Waals surface area contributed by atoms with Crippen molar-refractivity contribution in [2.75, 3.05) is 28.7 Å². The summed E-state index contributed by atoms with van der Waals surface area (Å²) in [6, 6.07) is 0.117. The number of rotatable bonds is 2. The topological polar surface area (TPSA) is 81.2 Å². The molecule has 1 aromatic rings. The van der Waals surface area contributed by atoms with Crippen molar-refractivity contribution in [3.05, 3.63) is 5.69 Å². The molecule has 1 aromatic heterocycles. The molecule has 1 aliphatic heterocycles. The van der Waals surface area contributed by atoms with Crippen LogP contribution in [0, 0.1) is 6.92 Å². The first-order valence-electron chi connectivity index (χ1n) is 6.54. The van der Waals surface area contributed by atoms with E-state index in [0.717, 1.165) is 11.5 Å². The highest BCUT2D eigenvalue weighted by molar-refractivity contribution is 7.91. The van der Waals surface area contributed by atoms with E-state index in [1.165, 1.54) is 0 Å². The Morgan fingerprint density at radius 3 is 2.58 bits per heavy atom. The van der Waals surface area contributed by atoms with Gasteiger partial charge in [-0.3, -0.25) is 0 Å².